The van der Waals surface area contributed by atoms with E-state index in [0.717, 1.165) is 38.7 Å². The van der Waals surface area contributed by atoms with Crippen molar-refractivity contribution in [2.24, 2.45) is 0 Å². The quantitative estimate of drug-likeness (QED) is 0.508. The highest BCUT2D eigenvalue weighted by Gasteiger charge is 2.05. The molecule has 124 valence electrons. The van der Waals surface area contributed by atoms with Gasteiger partial charge < -0.3 is 10.1 Å². The molecule has 0 saturated carbocycles. The second kappa shape index (κ2) is 8.02. The number of nitrogens with one attached hydrogen (secondary N) is 1. The number of aryl methyl sites for hydroxylation is 1. The zero-order valence-corrected chi connectivity index (χ0v) is 14.9. The summed E-state index contributed by atoms with van der Waals surface area (Å²) < 4.78 is 6.13. The number of hydrogen-bond acceptors (Lipinski definition) is 9. The van der Waals surface area contributed by atoms with Gasteiger partial charge in [-0.25, -0.2) is 4.98 Å². The summed E-state index contributed by atoms with van der Waals surface area (Å²) in [6, 6.07) is 7.68. The van der Waals surface area contributed by atoms with E-state index in [-0.39, 0.29) is 0 Å². The molecule has 0 spiro atoms. The molecule has 2 aromatic heterocycles. The third-order valence-corrected chi connectivity index (χ3v) is 5.04. The lowest BCUT2D eigenvalue weighted by molar-refractivity contribution is 0.415. The third-order valence-electron chi connectivity index (χ3n) is 3.06. The first kappa shape index (κ1) is 16.6. The summed E-state index contributed by atoms with van der Waals surface area (Å²) >= 11 is 3.25. The van der Waals surface area contributed by atoms with Gasteiger partial charge in [0.05, 0.1) is 19.0 Å². The molecule has 3 aromatic rings. The average molecular weight is 360 g/mol. The van der Waals surface area contributed by atoms with Gasteiger partial charge in [-0.3, -0.25) is 0 Å². The molecule has 3 rings (SSSR count). The Morgan fingerprint density at radius 1 is 1.17 bits per heavy atom. The molecule has 0 aliphatic carbocycles. The molecule has 0 aliphatic rings. The Kier molecular flexibility index (Phi) is 5.55. The smallest absolute Gasteiger partial charge is 0.243 e. The topological polar surface area (TPSA) is 85.7 Å². The van der Waals surface area contributed by atoms with E-state index < -0.39 is 0 Å². The Hall–Kier alpha value is -2.26. The van der Waals surface area contributed by atoms with Crippen molar-refractivity contribution in [1.29, 1.82) is 0 Å². The fourth-order valence-electron chi connectivity index (χ4n) is 1.92. The fourth-order valence-corrected chi connectivity index (χ4v) is 3.66. The van der Waals surface area contributed by atoms with Crippen LogP contribution in [0.1, 0.15) is 5.01 Å². The number of hydrogen-bond donors (Lipinski definition) is 1. The minimum absolute atomic E-state index is 0.511. The van der Waals surface area contributed by atoms with Crippen molar-refractivity contribution >= 4 is 29.0 Å². The molecule has 9 heteroatoms. The van der Waals surface area contributed by atoms with Gasteiger partial charge in [0.25, 0.3) is 0 Å². The number of ether oxygens (including phenoxy) is 1. The number of benzene rings is 1. The van der Waals surface area contributed by atoms with Crippen LogP contribution in [-0.2, 0) is 0 Å². The van der Waals surface area contributed by atoms with Gasteiger partial charge in [-0.1, -0.05) is 23.1 Å². The molecule has 7 nitrogen and oxygen atoms in total. The van der Waals surface area contributed by atoms with Crippen LogP contribution in [-0.4, -0.2) is 44.8 Å². The van der Waals surface area contributed by atoms with E-state index in [1.54, 1.807) is 36.4 Å². The predicted molar refractivity (Wildman–Crippen MR) is 95.7 cm³/mol. The molecule has 0 atom stereocenters. The Labute approximate surface area is 147 Å². The molecule has 1 N–H and O–H groups in total. The van der Waals surface area contributed by atoms with Crippen molar-refractivity contribution in [1.82, 2.24) is 25.4 Å². The number of rotatable bonds is 7. The van der Waals surface area contributed by atoms with Gasteiger partial charge >= 0.3 is 0 Å². The van der Waals surface area contributed by atoms with Crippen LogP contribution >= 0.6 is 23.1 Å². The first-order valence-corrected chi connectivity index (χ1v) is 9.06. The lowest BCUT2D eigenvalue weighted by Crippen LogP contribution is -2.08. The summed E-state index contributed by atoms with van der Waals surface area (Å²) in [6.07, 6.45) is 1.64. The standard InChI is InChI=1S/C15H16N6OS2/c1-10-19-21-15(24-10)23-8-7-16-14-18-13(9-17-20-14)11-3-5-12(22-2)6-4-11/h3-6,9H,7-8H2,1-2H3,(H,16,18,20). The minimum atomic E-state index is 0.511. The average Bonchev–Trinajstić information content (AvgIpc) is 3.04. The van der Waals surface area contributed by atoms with Crippen LogP contribution < -0.4 is 10.1 Å². The maximum absolute atomic E-state index is 5.16. The summed E-state index contributed by atoms with van der Waals surface area (Å²) in [7, 11) is 1.64. The van der Waals surface area contributed by atoms with Gasteiger partial charge in [0, 0.05) is 17.9 Å². The summed E-state index contributed by atoms with van der Waals surface area (Å²) in [5, 5.41) is 20.3. The van der Waals surface area contributed by atoms with Crippen molar-refractivity contribution in [3.05, 3.63) is 35.5 Å². The van der Waals surface area contributed by atoms with Crippen molar-refractivity contribution in [2.75, 3.05) is 24.7 Å². The van der Waals surface area contributed by atoms with Crippen LogP contribution in [0.4, 0.5) is 5.95 Å². The molecule has 0 aliphatic heterocycles. The molecular formula is C15H16N6OS2. The lowest BCUT2D eigenvalue weighted by atomic mass is 10.1. The van der Waals surface area contributed by atoms with Crippen molar-refractivity contribution in [3.8, 4) is 17.0 Å². The molecule has 0 saturated heterocycles. The highest BCUT2D eigenvalue weighted by atomic mass is 32.2. The van der Waals surface area contributed by atoms with E-state index in [2.05, 4.69) is 30.7 Å². The molecule has 0 radical (unpaired) electrons. The van der Waals surface area contributed by atoms with Crippen molar-refractivity contribution < 1.29 is 4.74 Å². The number of thioether (sulfide) groups is 1. The second-order valence-electron chi connectivity index (χ2n) is 4.76. The van der Waals surface area contributed by atoms with Crippen molar-refractivity contribution in [2.45, 2.75) is 11.3 Å². The lowest BCUT2D eigenvalue weighted by Gasteiger charge is -2.06. The molecule has 1 aromatic carbocycles. The van der Waals surface area contributed by atoms with E-state index in [1.807, 2.05) is 31.2 Å². The number of nitrogens with zero attached hydrogens (tertiary/aromatic N) is 5. The highest BCUT2D eigenvalue weighted by Crippen LogP contribution is 2.22. The summed E-state index contributed by atoms with van der Waals surface area (Å²) in [6.45, 7) is 2.67. The normalized spacial score (nSPS) is 10.6. The van der Waals surface area contributed by atoms with E-state index in [9.17, 15) is 0 Å². The Morgan fingerprint density at radius 2 is 2.00 bits per heavy atom. The van der Waals surface area contributed by atoms with Gasteiger partial charge in [-0.15, -0.1) is 15.3 Å². The molecule has 0 bridgehead atoms. The Morgan fingerprint density at radius 3 is 2.71 bits per heavy atom. The van der Waals surface area contributed by atoms with Crippen LogP contribution in [0, 0.1) is 6.92 Å². The van der Waals surface area contributed by atoms with Gasteiger partial charge in [0.15, 0.2) is 4.34 Å². The number of anilines is 1. The molecule has 2 heterocycles. The SMILES string of the molecule is COc1ccc(-c2cnnc(NCCSc3nnc(C)s3)n2)cc1. The minimum Gasteiger partial charge on any atom is -0.497 e. The highest BCUT2D eigenvalue weighted by molar-refractivity contribution is 8.01. The van der Waals surface area contributed by atoms with Gasteiger partial charge in [-0.2, -0.15) is 5.10 Å². The van der Waals surface area contributed by atoms with Crippen molar-refractivity contribution in [3.63, 3.8) is 0 Å². The second-order valence-corrected chi connectivity index (χ2v) is 7.28. The molecule has 0 fully saturated rings. The molecule has 0 amide bonds. The van der Waals surface area contributed by atoms with E-state index in [4.69, 9.17) is 4.74 Å². The van der Waals surface area contributed by atoms with Crippen LogP contribution in [0.2, 0.25) is 0 Å². The molecular weight excluding hydrogens is 344 g/mol. The molecule has 0 unspecified atom stereocenters. The largest absolute Gasteiger partial charge is 0.497 e. The predicted octanol–water partition coefficient (Wildman–Crippen LogP) is 2.91. The van der Waals surface area contributed by atoms with E-state index in [1.165, 1.54) is 0 Å². The zero-order chi connectivity index (χ0) is 16.8. The summed E-state index contributed by atoms with van der Waals surface area (Å²) in [4.78, 5) is 4.49. The fraction of sp³-hybridized carbons (Fsp3) is 0.267. The van der Waals surface area contributed by atoms with Crippen LogP contribution in [0.3, 0.4) is 0 Å². The maximum Gasteiger partial charge on any atom is 0.243 e. The van der Waals surface area contributed by atoms with Crippen LogP contribution in [0.5, 0.6) is 5.75 Å². The monoisotopic (exact) mass is 360 g/mol. The van der Waals surface area contributed by atoms with Gasteiger partial charge in [0.1, 0.15) is 10.8 Å². The van der Waals surface area contributed by atoms with E-state index >= 15 is 0 Å². The van der Waals surface area contributed by atoms with Crippen LogP contribution in [0.25, 0.3) is 11.3 Å². The van der Waals surface area contributed by atoms with Gasteiger partial charge in [0.2, 0.25) is 5.95 Å². The number of aromatic nitrogens is 5. The Bertz CT molecular complexity index is 793. The summed E-state index contributed by atoms with van der Waals surface area (Å²) in [5.74, 6) is 2.17. The first-order chi connectivity index (χ1) is 11.7. The summed E-state index contributed by atoms with van der Waals surface area (Å²) in [5.41, 5.74) is 1.73. The van der Waals surface area contributed by atoms with Gasteiger partial charge in [-0.05, 0) is 31.2 Å². The maximum atomic E-state index is 5.16. The number of methoxy groups -OCH3 is 1. The Balaban J connectivity index is 1.56. The third kappa shape index (κ3) is 4.39. The zero-order valence-electron chi connectivity index (χ0n) is 13.3. The van der Waals surface area contributed by atoms with E-state index in [0.29, 0.717) is 5.95 Å². The molecule has 24 heavy (non-hydrogen) atoms. The first-order valence-electron chi connectivity index (χ1n) is 7.25. The van der Waals surface area contributed by atoms with Crippen LogP contribution in [0.15, 0.2) is 34.8 Å².